The molecule has 0 aliphatic heterocycles. The van der Waals surface area contributed by atoms with Gasteiger partial charge in [0.2, 0.25) is 11.8 Å². The standard InChI is InChI=1S/C16H15N3O2S/c1-11(22-14-5-3-4-10-17-14)15-18-19-16(21-15)12-6-8-13(20-2)9-7-12/h3-11H,1-2H3. The van der Waals surface area contributed by atoms with Crippen LogP contribution in [0.15, 0.2) is 58.1 Å². The number of pyridine rings is 1. The van der Waals surface area contributed by atoms with Crippen molar-refractivity contribution in [3.63, 3.8) is 0 Å². The van der Waals surface area contributed by atoms with Crippen LogP contribution in [0.3, 0.4) is 0 Å². The van der Waals surface area contributed by atoms with Crippen molar-refractivity contribution in [1.82, 2.24) is 15.2 Å². The van der Waals surface area contributed by atoms with Crippen molar-refractivity contribution < 1.29 is 9.15 Å². The number of aromatic nitrogens is 3. The summed E-state index contributed by atoms with van der Waals surface area (Å²) in [5.74, 6) is 1.88. The summed E-state index contributed by atoms with van der Waals surface area (Å²) in [6.45, 7) is 2.02. The normalized spacial score (nSPS) is 12.1. The fourth-order valence-electron chi connectivity index (χ4n) is 1.90. The second kappa shape index (κ2) is 6.62. The Kier molecular flexibility index (Phi) is 4.39. The number of hydrogen-bond donors (Lipinski definition) is 0. The molecule has 5 nitrogen and oxygen atoms in total. The number of benzene rings is 1. The molecule has 3 rings (SSSR count). The topological polar surface area (TPSA) is 61.0 Å². The number of rotatable bonds is 5. The number of hydrogen-bond acceptors (Lipinski definition) is 6. The van der Waals surface area contributed by atoms with E-state index in [0.717, 1.165) is 16.3 Å². The van der Waals surface area contributed by atoms with Crippen molar-refractivity contribution in [2.24, 2.45) is 0 Å². The van der Waals surface area contributed by atoms with E-state index in [4.69, 9.17) is 9.15 Å². The molecule has 0 bridgehead atoms. The van der Waals surface area contributed by atoms with Crippen molar-refractivity contribution >= 4 is 11.8 Å². The number of thioether (sulfide) groups is 1. The maximum absolute atomic E-state index is 5.77. The summed E-state index contributed by atoms with van der Waals surface area (Å²) in [4.78, 5) is 4.29. The zero-order valence-electron chi connectivity index (χ0n) is 12.3. The van der Waals surface area contributed by atoms with Gasteiger partial charge in [-0.05, 0) is 43.3 Å². The van der Waals surface area contributed by atoms with E-state index in [1.54, 1.807) is 25.1 Å². The Morgan fingerprint density at radius 1 is 1.09 bits per heavy atom. The highest BCUT2D eigenvalue weighted by Crippen LogP contribution is 2.33. The van der Waals surface area contributed by atoms with Crippen LogP contribution in [0.25, 0.3) is 11.5 Å². The summed E-state index contributed by atoms with van der Waals surface area (Å²) in [5.41, 5.74) is 0.870. The summed E-state index contributed by atoms with van der Waals surface area (Å²) in [6.07, 6.45) is 1.77. The zero-order valence-corrected chi connectivity index (χ0v) is 13.1. The second-order valence-electron chi connectivity index (χ2n) is 4.60. The van der Waals surface area contributed by atoms with Gasteiger partial charge in [0.25, 0.3) is 0 Å². The molecule has 3 aromatic rings. The Bertz CT molecular complexity index is 729. The summed E-state index contributed by atoms with van der Waals surface area (Å²) in [5, 5.41) is 9.21. The van der Waals surface area contributed by atoms with Crippen LogP contribution in [0.4, 0.5) is 0 Å². The molecule has 2 heterocycles. The van der Waals surface area contributed by atoms with Crippen LogP contribution in [0.5, 0.6) is 5.75 Å². The lowest BCUT2D eigenvalue weighted by molar-refractivity contribution is 0.415. The molecule has 0 aliphatic rings. The maximum Gasteiger partial charge on any atom is 0.247 e. The Balaban J connectivity index is 1.75. The molecule has 0 radical (unpaired) electrons. The second-order valence-corrected chi connectivity index (χ2v) is 5.96. The Morgan fingerprint density at radius 2 is 1.91 bits per heavy atom. The molecule has 1 aromatic carbocycles. The summed E-state index contributed by atoms with van der Waals surface area (Å²) in [6, 6.07) is 13.3. The maximum atomic E-state index is 5.77. The summed E-state index contributed by atoms with van der Waals surface area (Å²) < 4.78 is 10.9. The molecule has 0 saturated carbocycles. The predicted octanol–water partition coefficient (Wildman–Crippen LogP) is 3.99. The van der Waals surface area contributed by atoms with Crippen LogP contribution >= 0.6 is 11.8 Å². The fourth-order valence-corrected chi connectivity index (χ4v) is 2.73. The summed E-state index contributed by atoms with van der Waals surface area (Å²) >= 11 is 1.58. The average Bonchev–Trinajstić information content (AvgIpc) is 3.06. The van der Waals surface area contributed by atoms with Crippen molar-refractivity contribution in [3.05, 3.63) is 54.6 Å². The van der Waals surface area contributed by atoms with Gasteiger partial charge in [0.05, 0.1) is 17.4 Å². The zero-order chi connectivity index (χ0) is 15.4. The summed E-state index contributed by atoms with van der Waals surface area (Å²) in [7, 11) is 1.64. The van der Waals surface area contributed by atoms with Crippen LogP contribution in [-0.4, -0.2) is 22.3 Å². The molecule has 22 heavy (non-hydrogen) atoms. The first-order valence-electron chi connectivity index (χ1n) is 6.82. The highest BCUT2D eigenvalue weighted by Gasteiger charge is 2.16. The van der Waals surface area contributed by atoms with E-state index in [-0.39, 0.29) is 5.25 Å². The minimum Gasteiger partial charge on any atom is -0.497 e. The van der Waals surface area contributed by atoms with Crippen molar-refractivity contribution in [2.75, 3.05) is 7.11 Å². The van der Waals surface area contributed by atoms with E-state index in [9.17, 15) is 0 Å². The lowest BCUT2D eigenvalue weighted by Gasteiger charge is -2.05. The lowest BCUT2D eigenvalue weighted by Crippen LogP contribution is -1.89. The van der Waals surface area contributed by atoms with Gasteiger partial charge in [-0.25, -0.2) is 4.98 Å². The van der Waals surface area contributed by atoms with Gasteiger partial charge in [-0.2, -0.15) is 0 Å². The Labute approximate surface area is 132 Å². The van der Waals surface area contributed by atoms with Crippen molar-refractivity contribution in [1.29, 1.82) is 0 Å². The van der Waals surface area contributed by atoms with Crippen LogP contribution in [-0.2, 0) is 0 Å². The molecule has 0 N–H and O–H groups in total. The molecule has 0 spiro atoms. The van der Waals surface area contributed by atoms with E-state index in [1.165, 1.54) is 0 Å². The van der Waals surface area contributed by atoms with Crippen molar-refractivity contribution in [2.45, 2.75) is 17.2 Å². The molecular formula is C16H15N3O2S. The molecule has 0 fully saturated rings. The van der Waals surface area contributed by atoms with Gasteiger partial charge in [0, 0.05) is 11.8 Å². The molecule has 0 aliphatic carbocycles. The molecule has 1 atom stereocenters. The first-order chi connectivity index (χ1) is 10.8. The number of ether oxygens (including phenoxy) is 1. The SMILES string of the molecule is COc1ccc(-c2nnc(C(C)Sc3ccccn3)o2)cc1. The Morgan fingerprint density at radius 3 is 2.59 bits per heavy atom. The minimum atomic E-state index is 0.0365. The molecule has 6 heteroatoms. The molecule has 2 aromatic heterocycles. The van der Waals surface area contributed by atoms with Crippen molar-refractivity contribution in [3.8, 4) is 17.2 Å². The van der Waals surface area contributed by atoms with Gasteiger partial charge in [-0.15, -0.1) is 10.2 Å². The van der Waals surface area contributed by atoms with Gasteiger partial charge < -0.3 is 9.15 Å². The fraction of sp³-hybridized carbons (Fsp3) is 0.188. The average molecular weight is 313 g/mol. The van der Waals surface area contributed by atoms with Crippen LogP contribution in [0.2, 0.25) is 0 Å². The predicted molar refractivity (Wildman–Crippen MR) is 84.8 cm³/mol. The van der Waals surface area contributed by atoms with E-state index < -0.39 is 0 Å². The number of methoxy groups -OCH3 is 1. The van der Waals surface area contributed by atoms with Gasteiger partial charge in [0.1, 0.15) is 5.75 Å². The smallest absolute Gasteiger partial charge is 0.247 e. The molecule has 1 unspecified atom stereocenters. The molecule has 0 saturated heterocycles. The molecule has 112 valence electrons. The van der Waals surface area contributed by atoms with E-state index in [0.29, 0.717) is 11.8 Å². The highest BCUT2D eigenvalue weighted by molar-refractivity contribution is 7.99. The van der Waals surface area contributed by atoms with Crippen LogP contribution < -0.4 is 4.74 Å². The van der Waals surface area contributed by atoms with Crippen LogP contribution in [0, 0.1) is 0 Å². The third kappa shape index (κ3) is 3.28. The first kappa shape index (κ1) is 14.6. The lowest BCUT2D eigenvalue weighted by atomic mass is 10.2. The third-order valence-electron chi connectivity index (χ3n) is 3.06. The van der Waals surface area contributed by atoms with Gasteiger partial charge in [-0.1, -0.05) is 17.8 Å². The van der Waals surface area contributed by atoms with Gasteiger partial charge in [-0.3, -0.25) is 0 Å². The number of nitrogens with zero attached hydrogens (tertiary/aromatic N) is 3. The first-order valence-corrected chi connectivity index (χ1v) is 7.70. The van der Waals surface area contributed by atoms with Crippen LogP contribution in [0.1, 0.15) is 18.1 Å². The minimum absolute atomic E-state index is 0.0365. The van der Waals surface area contributed by atoms with Gasteiger partial charge in [0.15, 0.2) is 0 Å². The Hall–Kier alpha value is -2.34. The van der Waals surface area contributed by atoms with E-state index in [1.807, 2.05) is 49.4 Å². The quantitative estimate of drug-likeness (QED) is 0.664. The molecule has 0 amide bonds. The highest BCUT2D eigenvalue weighted by atomic mass is 32.2. The monoisotopic (exact) mass is 313 g/mol. The van der Waals surface area contributed by atoms with Gasteiger partial charge >= 0.3 is 0 Å². The van der Waals surface area contributed by atoms with E-state index >= 15 is 0 Å². The third-order valence-corrected chi connectivity index (χ3v) is 4.10. The van der Waals surface area contributed by atoms with E-state index in [2.05, 4.69) is 15.2 Å². The largest absolute Gasteiger partial charge is 0.497 e. The molecular weight excluding hydrogens is 298 g/mol.